The number of hydrogen-bond donors (Lipinski definition) is 1. The summed E-state index contributed by atoms with van der Waals surface area (Å²) < 4.78 is 27.7. The summed E-state index contributed by atoms with van der Waals surface area (Å²) in [4.78, 5) is 17.2. The van der Waals surface area contributed by atoms with Crippen molar-refractivity contribution >= 4 is 78.5 Å². The van der Waals surface area contributed by atoms with E-state index >= 15 is 0 Å². The van der Waals surface area contributed by atoms with Gasteiger partial charge >= 0.3 is 0 Å². The zero-order valence-electron chi connectivity index (χ0n) is 15.8. The van der Waals surface area contributed by atoms with Gasteiger partial charge in [0, 0.05) is 29.1 Å². The molecule has 31 heavy (non-hydrogen) atoms. The second-order valence-corrected chi connectivity index (χ2v) is 12.5. The summed E-state index contributed by atoms with van der Waals surface area (Å²) in [7, 11) is -3.67. The van der Waals surface area contributed by atoms with Gasteiger partial charge in [-0.1, -0.05) is 34.8 Å². The minimum atomic E-state index is -3.67. The van der Waals surface area contributed by atoms with Crippen molar-refractivity contribution in [2.75, 3.05) is 18.4 Å². The Labute approximate surface area is 202 Å². The molecule has 1 aliphatic heterocycles. The molecule has 1 aromatic carbocycles. The lowest BCUT2D eigenvalue weighted by Crippen LogP contribution is -2.43. The highest BCUT2D eigenvalue weighted by atomic mass is 35.5. The van der Waals surface area contributed by atoms with E-state index in [2.05, 4.69) is 10.3 Å². The molecular weight excluding hydrogens is 521 g/mol. The zero-order valence-corrected chi connectivity index (χ0v) is 20.6. The van der Waals surface area contributed by atoms with Crippen molar-refractivity contribution in [3.63, 3.8) is 0 Å². The molecule has 1 atom stereocenters. The third-order valence-corrected chi connectivity index (χ3v) is 9.71. The number of benzene rings is 1. The molecule has 1 unspecified atom stereocenters. The Hall–Kier alpha value is -1.20. The van der Waals surface area contributed by atoms with E-state index in [0.717, 1.165) is 11.3 Å². The van der Waals surface area contributed by atoms with Gasteiger partial charge in [0.05, 0.1) is 21.0 Å². The Morgan fingerprint density at radius 2 is 2.00 bits per heavy atom. The van der Waals surface area contributed by atoms with Gasteiger partial charge < -0.3 is 5.32 Å². The number of halogens is 3. The van der Waals surface area contributed by atoms with Gasteiger partial charge in [0.1, 0.15) is 4.21 Å². The van der Waals surface area contributed by atoms with E-state index in [1.807, 2.05) is 0 Å². The predicted molar refractivity (Wildman–Crippen MR) is 127 cm³/mol. The second-order valence-electron chi connectivity index (χ2n) is 6.91. The van der Waals surface area contributed by atoms with E-state index in [-0.39, 0.29) is 16.7 Å². The number of nitrogens with one attached hydrogen (secondary N) is 1. The Morgan fingerprint density at radius 3 is 2.71 bits per heavy atom. The third-order valence-electron chi connectivity index (χ3n) is 4.84. The number of aromatic nitrogens is 1. The molecule has 4 rings (SSSR count). The quantitative estimate of drug-likeness (QED) is 0.442. The number of carbonyl (C=O) groups is 1. The van der Waals surface area contributed by atoms with E-state index < -0.39 is 15.9 Å². The van der Waals surface area contributed by atoms with Gasteiger partial charge in [-0.2, -0.15) is 4.31 Å². The summed E-state index contributed by atoms with van der Waals surface area (Å²) in [5.74, 6) is -0.724. The number of piperidine rings is 1. The molecule has 1 N–H and O–H groups in total. The summed E-state index contributed by atoms with van der Waals surface area (Å²) >= 11 is 20.3. The maximum atomic E-state index is 12.9. The highest BCUT2D eigenvalue weighted by Gasteiger charge is 2.34. The summed E-state index contributed by atoms with van der Waals surface area (Å²) in [5, 5.41) is 6.03. The normalized spacial score (nSPS) is 17.6. The summed E-state index contributed by atoms with van der Waals surface area (Å²) in [5.41, 5.74) is 1.34. The monoisotopic (exact) mass is 535 g/mol. The molecule has 0 bridgehead atoms. The van der Waals surface area contributed by atoms with E-state index in [4.69, 9.17) is 34.8 Å². The van der Waals surface area contributed by atoms with Gasteiger partial charge in [0.25, 0.3) is 10.0 Å². The average molecular weight is 537 g/mol. The van der Waals surface area contributed by atoms with Gasteiger partial charge in [-0.25, -0.2) is 13.4 Å². The van der Waals surface area contributed by atoms with Crippen LogP contribution in [0, 0.1) is 5.92 Å². The first kappa shape index (κ1) is 23.0. The van der Waals surface area contributed by atoms with Crippen LogP contribution in [-0.4, -0.2) is 36.7 Å². The fourth-order valence-corrected chi connectivity index (χ4v) is 7.68. The molecule has 0 spiro atoms. The van der Waals surface area contributed by atoms with Gasteiger partial charge in [0.15, 0.2) is 5.13 Å². The molecule has 3 heterocycles. The van der Waals surface area contributed by atoms with Gasteiger partial charge in [-0.05, 0) is 43.2 Å². The number of rotatable bonds is 5. The molecule has 0 saturated carbocycles. The van der Waals surface area contributed by atoms with Crippen LogP contribution in [0.15, 0.2) is 39.9 Å². The first-order valence-corrected chi connectivity index (χ1v) is 13.5. The number of thiophene rings is 1. The fraction of sp³-hybridized carbons (Fsp3) is 0.263. The van der Waals surface area contributed by atoms with Gasteiger partial charge in [0.2, 0.25) is 5.91 Å². The van der Waals surface area contributed by atoms with E-state index in [1.54, 1.807) is 29.6 Å². The molecule has 2 aromatic heterocycles. The number of hydrogen-bond acceptors (Lipinski definition) is 6. The van der Waals surface area contributed by atoms with Crippen LogP contribution >= 0.6 is 57.5 Å². The molecule has 1 amide bonds. The van der Waals surface area contributed by atoms with Crippen LogP contribution in [0.2, 0.25) is 14.4 Å². The molecule has 1 fully saturated rings. The number of sulfonamides is 1. The van der Waals surface area contributed by atoms with Crippen LogP contribution in [0.4, 0.5) is 5.13 Å². The smallest absolute Gasteiger partial charge is 0.252 e. The maximum absolute atomic E-state index is 12.9. The summed E-state index contributed by atoms with van der Waals surface area (Å²) in [6, 6.07) is 8.17. The Balaban J connectivity index is 1.45. The standard InChI is InChI=1S/C19H16Cl3N3O3S3/c20-12-3-4-13(14(21)8-12)15-10-29-19(23-15)24-18(26)11-2-1-7-25(9-11)31(27,28)17-6-5-16(22)30-17/h3-6,8,10-11H,1-2,7,9H2,(H,23,24,26). The largest absolute Gasteiger partial charge is 0.302 e. The number of anilines is 1. The molecule has 6 nitrogen and oxygen atoms in total. The Morgan fingerprint density at radius 1 is 1.19 bits per heavy atom. The molecule has 3 aromatic rings. The third kappa shape index (κ3) is 5.08. The number of thiazole rings is 1. The lowest BCUT2D eigenvalue weighted by atomic mass is 9.99. The van der Waals surface area contributed by atoms with Crippen LogP contribution in [0.5, 0.6) is 0 Å². The van der Waals surface area contributed by atoms with Gasteiger partial charge in [-0.3, -0.25) is 4.79 Å². The Kier molecular flexibility index (Phi) is 6.93. The number of nitrogens with zero attached hydrogens (tertiary/aromatic N) is 2. The summed E-state index contributed by atoms with van der Waals surface area (Å²) in [6.07, 6.45) is 1.20. The van der Waals surface area contributed by atoms with Crippen molar-refractivity contribution in [3.8, 4) is 11.3 Å². The zero-order chi connectivity index (χ0) is 22.2. The van der Waals surface area contributed by atoms with Crippen LogP contribution in [0.3, 0.4) is 0 Å². The molecule has 12 heteroatoms. The van der Waals surface area contributed by atoms with Crippen LogP contribution in [-0.2, 0) is 14.8 Å². The predicted octanol–water partition coefficient (Wildman–Crippen LogP) is 5.87. The first-order valence-electron chi connectivity index (χ1n) is 9.21. The minimum absolute atomic E-state index is 0.116. The lowest BCUT2D eigenvalue weighted by Gasteiger charge is -2.30. The molecule has 1 saturated heterocycles. The fourth-order valence-electron chi connectivity index (χ4n) is 3.30. The SMILES string of the molecule is O=C(Nc1nc(-c2ccc(Cl)cc2Cl)cs1)C1CCCN(S(=O)(=O)c2ccc(Cl)s2)C1. The van der Waals surface area contributed by atoms with Crippen LogP contribution < -0.4 is 5.32 Å². The van der Waals surface area contributed by atoms with Crippen LogP contribution in [0.1, 0.15) is 12.8 Å². The van der Waals surface area contributed by atoms with E-state index in [1.165, 1.54) is 21.7 Å². The van der Waals surface area contributed by atoms with E-state index in [0.29, 0.717) is 50.2 Å². The highest BCUT2D eigenvalue weighted by molar-refractivity contribution is 7.91. The maximum Gasteiger partial charge on any atom is 0.252 e. The van der Waals surface area contributed by atoms with Crippen molar-refractivity contribution in [2.24, 2.45) is 5.92 Å². The minimum Gasteiger partial charge on any atom is -0.302 e. The van der Waals surface area contributed by atoms with Crippen molar-refractivity contribution in [1.82, 2.24) is 9.29 Å². The topological polar surface area (TPSA) is 79.4 Å². The number of carbonyl (C=O) groups excluding carboxylic acids is 1. The lowest BCUT2D eigenvalue weighted by molar-refractivity contribution is -0.120. The summed E-state index contributed by atoms with van der Waals surface area (Å²) in [6.45, 7) is 0.489. The van der Waals surface area contributed by atoms with Crippen LogP contribution in [0.25, 0.3) is 11.3 Å². The Bertz CT molecular complexity index is 1230. The highest BCUT2D eigenvalue weighted by Crippen LogP contribution is 2.33. The molecule has 164 valence electrons. The van der Waals surface area contributed by atoms with Crippen molar-refractivity contribution in [1.29, 1.82) is 0 Å². The van der Waals surface area contributed by atoms with Crippen molar-refractivity contribution in [3.05, 3.63) is 50.1 Å². The molecule has 0 aliphatic carbocycles. The van der Waals surface area contributed by atoms with E-state index in [9.17, 15) is 13.2 Å². The second kappa shape index (κ2) is 9.35. The number of amides is 1. The van der Waals surface area contributed by atoms with Crippen molar-refractivity contribution in [2.45, 2.75) is 17.1 Å². The van der Waals surface area contributed by atoms with Gasteiger partial charge in [-0.15, -0.1) is 22.7 Å². The molecule has 1 aliphatic rings. The average Bonchev–Trinajstić information content (AvgIpc) is 3.37. The molecular formula is C19H16Cl3N3O3S3. The first-order chi connectivity index (χ1) is 14.7. The molecule has 0 radical (unpaired) electrons. The van der Waals surface area contributed by atoms with Crippen molar-refractivity contribution < 1.29 is 13.2 Å².